The molecule has 1 unspecified atom stereocenters. The Kier molecular flexibility index (Phi) is 8.34. The van der Waals surface area contributed by atoms with Crippen molar-refractivity contribution < 1.29 is 14.3 Å². The van der Waals surface area contributed by atoms with Gasteiger partial charge in [-0.1, -0.05) is 31.0 Å². The van der Waals surface area contributed by atoms with Crippen molar-refractivity contribution in [3.8, 4) is 0 Å². The van der Waals surface area contributed by atoms with Crippen LogP contribution in [0.1, 0.15) is 72.5 Å². The zero-order chi connectivity index (χ0) is 23.8. The van der Waals surface area contributed by atoms with E-state index in [1.165, 1.54) is 36.8 Å². The smallest absolute Gasteiger partial charge is 0.306 e. The summed E-state index contributed by atoms with van der Waals surface area (Å²) in [5, 5.41) is 9.77. The number of ether oxygens (including phenoxy) is 1. The highest BCUT2D eigenvalue weighted by Gasteiger charge is 2.22. The number of amides is 1. The summed E-state index contributed by atoms with van der Waals surface area (Å²) in [6.07, 6.45) is 10.1. The summed E-state index contributed by atoms with van der Waals surface area (Å²) in [5.41, 5.74) is 4.93. The van der Waals surface area contributed by atoms with Gasteiger partial charge in [-0.3, -0.25) is 14.6 Å². The normalized spacial score (nSPS) is 18.3. The maximum Gasteiger partial charge on any atom is 0.306 e. The van der Waals surface area contributed by atoms with Crippen LogP contribution in [0.15, 0.2) is 47.6 Å². The van der Waals surface area contributed by atoms with E-state index in [9.17, 15) is 9.59 Å². The number of aryl methyl sites for hydroxylation is 1. The molecule has 0 bridgehead atoms. The Bertz CT molecular complexity index is 1010. The number of esters is 1. The molecule has 1 N–H and O–H groups in total. The summed E-state index contributed by atoms with van der Waals surface area (Å²) >= 11 is 0. The van der Waals surface area contributed by atoms with Gasteiger partial charge in [0.15, 0.2) is 0 Å². The van der Waals surface area contributed by atoms with Gasteiger partial charge in [0.1, 0.15) is 0 Å². The molecule has 180 valence electrons. The number of hydrogen-bond donors (Lipinski definition) is 1. The number of fused-ring (bicyclic) bond motifs is 1. The van der Waals surface area contributed by atoms with Crippen LogP contribution in [-0.4, -0.2) is 42.8 Å². The fraction of sp³-hybridized carbons (Fsp3) is 0.464. The van der Waals surface area contributed by atoms with Crippen molar-refractivity contribution in [1.29, 1.82) is 0 Å². The maximum absolute atomic E-state index is 12.8. The van der Waals surface area contributed by atoms with Crippen LogP contribution in [-0.2, 0) is 22.4 Å². The zero-order valence-corrected chi connectivity index (χ0v) is 20.1. The lowest BCUT2D eigenvalue weighted by Gasteiger charge is -2.24. The Morgan fingerprint density at radius 1 is 1.06 bits per heavy atom. The molecule has 1 saturated heterocycles. The molecule has 0 aromatic heterocycles. The molecule has 0 radical (unpaired) electrons. The second kappa shape index (κ2) is 11.8. The second-order valence-electron chi connectivity index (χ2n) is 9.29. The van der Waals surface area contributed by atoms with E-state index in [2.05, 4.69) is 27.6 Å². The summed E-state index contributed by atoms with van der Waals surface area (Å²) in [4.78, 5) is 24.6. The van der Waals surface area contributed by atoms with Crippen LogP contribution in [0.25, 0.3) is 0 Å². The van der Waals surface area contributed by atoms with Gasteiger partial charge in [0.2, 0.25) is 0 Å². The number of hydrogen-bond acceptors (Lipinski definition) is 5. The van der Waals surface area contributed by atoms with Gasteiger partial charge >= 0.3 is 5.97 Å². The topological polar surface area (TPSA) is 71.0 Å². The van der Waals surface area contributed by atoms with Crippen LogP contribution in [0, 0.1) is 5.92 Å². The first-order chi connectivity index (χ1) is 16.6. The molecule has 1 aliphatic carbocycles. The molecule has 2 aromatic carbocycles. The first-order valence-electron chi connectivity index (χ1n) is 12.6. The standard InChI is InChI=1S/C28H35N3O3/c1-2-34-27(32)18-22-9-12-25-19-26(14-13-24(25)17-22)30-28(33)23-10-7-21(8-11-23)20-29-31-15-5-3-4-6-16-31/h7-8,10-11,13-14,19-20,22H,2-6,9,12,15-18H2,1H3,(H,30,33). The zero-order valence-electron chi connectivity index (χ0n) is 20.1. The molecule has 1 fully saturated rings. The Morgan fingerprint density at radius 2 is 1.82 bits per heavy atom. The summed E-state index contributed by atoms with van der Waals surface area (Å²) < 4.78 is 5.09. The molecule has 4 rings (SSSR count). The average molecular weight is 462 g/mol. The molecular formula is C28H35N3O3. The van der Waals surface area contributed by atoms with E-state index in [1.807, 2.05) is 43.5 Å². The van der Waals surface area contributed by atoms with Gasteiger partial charge in [-0.05, 0) is 85.9 Å². The van der Waals surface area contributed by atoms with Crippen molar-refractivity contribution in [2.75, 3.05) is 25.0 Å². The number of hydrazone groups is 1. The van der Waals surface area contributed by atoms with Gasteiger partial charge in [-0.2, -0.15) is 5.10 Å². The molecule has 1 atom stereocenters. The van der Waals surface area contributed by atoms with Gasteiger partial charge in [0.25, 0.3) is 5.91 Å². The molecule has 0 saturated carbocycles. The number of nitrogens with zero attached hydrogens (tertiary/aromatic N) is 2. The predicted octanol–water partition coefficient (Wildman–Crippen LogP) is 5.21. The number of carbonyl (C=O) groups is 2. The molecule has 1 aliphatic heterocycles. The molecule has 34 heavy (non-hydrogen) atoms. The van der Waals surface area contributed by atoms with Crippen LogP contribution >= 0.6 is 0 Å². The minimum atomic E-state index is -0.119. The fourth-order valence-electron chi connectivity index (χ4n) is 4.78. The van der Waals surface area contributed by atoms with Gasteiger partial charge in [0, 0.05) is 30.8 Å². The monoisotopic (exact) mass is 461 g/mol. The molecule has 1 amide bonds. The minimum absolute atomic E-state index is 0.112. The summed E-state index contributed by atoms with van der Waals surface area (Å²) in [6, 6.07) is 13.7. The van der Waals surface area contributed by atoms with E-state index in [1.54, 1.807) is 0 Å². The SMILES string of the molecule is CCOC(=O)CC1CCc2cc(NC(=O)c3ccc(C=NN4CCCCCC4)cc3)ccc2C1. The largest absolute Gasteiger partial charge is 0.466 e. The van der Waals surface area contributed by atoms with E-state index < -0.39 is 0 Å². The first kappa shape index (κ1) is 24.0. The van der Waals surface area contributed by atoms with Gasteiger partial charge in [-0.25, -0.2) is 0 Å². The van der Waals surface area contributed by atoms with Crippen molar-refractivity contribution in [1.82, 2.24) is 5.01 Å². The lowest BCUT2D eigenvalue weighted by atomic mass is 9.82. The first-order valence-corrected chi connectivity index (χ1v) is 12.6. The molecule has 6 heteroatoms. The highest BCUT2D eigenvalue weighted by atomic mass is 16.5. The number of anilines is 1. The Labute approximate surface area is 202 Å². The van der Waals surface area contributed by atoms with E-state index in [-0.39, 0.29) is 11.9 Å². The van der Waals surface area contributed by atoms with Crippen LogP contribution in [0.5, 0.6) is 0 Å². The third-order valence-electron chi connectivity index (χ3n) is 6.68. The van der Waals surface area contributed by atoms with E-state index in [4.69, 9.17) is 4.74 Å². The minimum Gasteiger partial charge on any atom is -0.466 e. The van der Waals surface area contributed by atoms with E-state index in [0.717, 1.165) is 43.6 Å². The van der Waals surface area contributed by atoms with Crippen molar-refractivity contribution in [3.63, 3.8) is 0 Å². The van der Waals surface area contributed by atoms with E-state index >= 15 is 0 Å². The molecule has 6 nitrogen and oxygen atoms in total. The molecular weight excluding hydrogens is 426 g/mol. The van der Waals surface area contributed by atoms with Crippen molar-refractivity contribution >= 4 is 23.8 Å². The van der Waals surface area contributed by atoms with Crippen LogP contribution in [0.2, 0.25) is 0 Å². The lowest BCUT2D eigenvalue weighted by Crippen LogP contribution is -2.19. The Balaban J connectivity index is 1.32. The van der Waals surface area contributed by atoms with Crippen LogP contribution < -0.4 is 5.32 Å². The molecule has 1 heterocycles. The van der Waals surface area contributed by atoms with Crippen LogP contribution in [0.4, 0.5) is 5.69 Å². The molecule has 2 aliphatic rings. The third kappa shape index (κ3) is 6.69. The quantitative estimate of drug-likeness (QED) is 0.454. The Hall–Kier alpha value is -3.15. The number of carbonyl (C=O) groups excluding carboxylic acids is 2. The van der Waals surface area contributed by atoms with Crippen molar-refractivity contribution in [2.24, 2.45) is 11.0 Å². The third-order valence-corrected chi connectivity index (χ3v) is 6.68. The number of rotatable bonds is 7. The Morgan fingerprint density at radius 3 is 2.56 bits per heavy atom. The van der Waals surface area contributed by atoms with Crippen molar-refractivity contribution in [2.45, 2.75) is 58.3 Å². The van der Waals surface area contributed by atoms with Gasteiger partial charge < -0.3 is 10.1 Å². The molecule has 2 aromatic rings. The van der Waals surface area contributed by atoms with Gasteiger partial charge in [0.05, 0.1) is 12.8 Å². The highest BCUT2D eigenvalue weighted by molar-refractivity contribution is 6.04. The highest BCUT2D eigenvalue weighted by Crippen LogP contribution is 2.30. The average Bonchev–Trinajstić information content (AvgIpc) is 3.12. The van der Waals surface area contributed by atoms with Crippen LogP contribution in [0.3, 0.4) is 0 Å². The lowest BCUT2D eigenvalue weighted by molar-refractivity contribution is -0.144. The summed E-state index contributed by atoms with van der Waals surface area (Å²) in [6.45, 7) is 4.30. The summed E-state index contributed by atoms with van der Waals surface area (Å²) in [7, 11) is 0. The maximum atomic E-state index is 12.8. The van der Waals surface area contributed by atoms with E-state index in [0.29, 0.717) is 24.5 Å². The fourth-order valence-corrected chi connectivity index (χ4v) is 4.78. The molecule has 0 spiro atoms. The van der Waals surface area contributed by atoms with Crippen molar-refractivity contribution in [3.05, 3.63) is 64.7 Å². The van der Waals surface area contributed by atoms with Gasteiger partial charge in [-0.15, -0.1) is 0 Å². The predicted molar refractivity (Wildman–Crippen MR) is 135 cm³/mol. The number of nitrogens with one attached hydrogen (secondary N) is 1. The summed E-state index contributed by atoms with van der Waals surface area (Å²) in [5.74, 6) is 0.0967. The second-order valence-corrected chi connectivity index (χ2v) is 9.29. The number of benzene rings is 2.